The number of rotatable bonds is 4. The maximum Gasteiger partial charge on any atom is 0.335 e. The van der Waals surface area contributed by atoms with Crippen LogP contribution < -0.4 is 4.74 Å². The predicted molar refractivity (Wildman–Crippen MR) is 117 cm³/mol. The van der Waals surface area contributed by atoms with Crippen molar-refractivity contribution in [1.29, 1.82) is 5.26 Å². The molecule has 0 saturated heterocycles. The van der Waals surface area contributed by atoms with Crippen molar-refractivity contribution in [2.24, 2.45) is 0 Å². The first-order chi connectivity index (χ1) is 15.6. The van der Waals surface area contributed by atoms with Gasteiger partial charge in [0.25, 0.3) is 0 Å². The molecule has 5 rings (SSSR count). The molecule has 2 atom stereocenters. The zero-order chi connectivity index (χ0) is 22.1. The van der Waals surface area contributed by atoms with E-state index in [1.54, 1.807) is 30.3 Å². The van der Waals surface area contributed by atoms with E-state index in [4.69, 9.17) is 14.7 Å². The molecule has 1 heterocycles. The standard InChI is InChI=1S/C27H19NO4/c28-16-18-10-12-20(13-11-18)21-14-15-23(25(29)31-17-19-6-2-1-3-7-19)27(21)22-8-4-5-9-24(22)32-26(27)30/h1-13,15,21H,14,17H2. The van der Waals surface area contributed by atoms with Gasteiger partial charge >= 0.3 is 11.9 Å². The normalized spacial score (nSPS) is 20.9. The Hall–Kier alpha value is -4.17. The Morgan fingerprint density at radius 1 is 1.03 bits per heavy atom. The zero-order valence-corrected chi connectivity index (χ0v) is 17.2. The van der Waals surface area contributed by atoms with Crippen molar-refractivity contribution in [2.75, 3.05) is 0 Å². The molecule has 2 unspecified atom stereocenters. The number of nitrogens with zero attached hydrogens (tertiary/aromatic N) is 1. The minimum atomic E-state index is -1.28. The van der Waals surface area contributed by atoms with Gasteiger partial charge in [-0.25, -0.2) is 4.79 Å². The number of ether oxygens (including phenoxy) is 2. The van der Waals surface area contributed by atoms with E-state index in [2.05, 4.69) is 6.07 Å². The van der Waals surface area contributed by atoms with Crippen LogP contribution in [0.4, 0.5) is 0 Å². The molecule has 32 heavy (non-hydrogen) atoms. The predicted octanol–water partition coefficient (Wildman–Crippen LogP) is 4.57. The van der Waals surface area contributed by atoms with E-state index in [0.29, 0.717) is 28.9 Å². The Balaban J connectivity index is 1.56. The number of hydrogen-bond donors (Lipinski definition) is 0. The number of allylic oxidation sites excluding steroid dienone is 1. The first-order valence-corrected chi connectivity index (χ1v) is 10.4. The minimum absolute atomic E-state index is 0.116. The Kier molecular flexibility index (Phi) is 4.84. The highest BCUT2D eigenvalue weighted by atomic mass is 16.5. The molecule has 0 N–H and O–H groups in total. The molecule has 3 aromatic carbocycles. The van der Waals surface area contributed by atoms with Gasteiger partial charge in [-0.2, -0.15) is 5.26 Å². The van der Waals surface area contributed by atoms with Gasteiger partial charge < -0.3 is 9.47 Å². The first-order valence-electron chi connectivity index (χ1n) is 10.4. The summed E-state index contributed by atoms with van der Waals surface area (Å²) in [4.78, 5) is 26.7. The fourth-order valence-corrected chi connectivity index (χ4v) is 4.74. The van der Waals surface area contributed by atoms with Crippen molar-refractivity contribution in [1.82, 2.24) is 0 Å². The van der Waals surface area contributed by atoms with Gasteiger partial charge in [0.05, 0.1) is 17.2 Å². The number of fused-ring (bicyclic) bond motifs is 2. The van der Waals surface area contributed by atoms with Gasteiger partial charge in [0, 0.05) is 11.5 Å². The van der Waals surface area contributed by atoms with Crippen molar-refractivity contribution >= 4 is 11.9 Å². The van der Waals surface area contributed by atoms with Gasteiger partial charge in [0.15, 0.2) is 0 Å². The van der Waals surface area contributed by atoms with Crippen LogP contribution in [-0.4, -0.2) is 11.9 Å². The molecule has 2 aliphatic rings. The number of benzene rings is 3. The minimum Gasteiger partial charge on any atom is -0.457 e. The third-order valence-electron chi connectivity index (χ3n) is 6.22. The molecule has 0 aromatic heterocycles. The van der Waals surface area contributed by atoms with Crippen LogP contribution in [0.15, 0.2) is 90.5 Å². The topological polar surface area (TPSA) is 76.4 Å². The third kappa shape index (κ3) is 3.00. The Morgan fingerprint density at radius 2 is 1.75 bits per heavy atom. The van der Waals surface area contributed by atoms with Crippen LogP contribution in [0.2, 0.25) is 0 Å². The van der Waals surface area contributed by atoms with Crippen molar-refractivity contribution in [2.45, 2.75) is 24.4 Å². The molecule has 1 aliphatic carbocycles. The van der Waals surface area contributed by atoms with E-state index in [-0.39, 0.29) is 12.5 Å². The van der Waals surface area contributed by atoms with E-state index in [0.717, 1.165) is 11.1 Å². The molecule has 1 aliphatic heterocycles. The number of para-hydroxylation sites is 1. The second-order valence-corrected chi connectivity index (χ2v) is 7.90. The molecule has 0 amide bonds. The van der Waals surface area contributed by atoms with E-state index < -0.39 is 17.4 Å². The second kappa shape index (κ2) is 7.82. The van der Waals surface area contributed by atoms with Crippen LogP contribution in [-0.2, 0) is 26.3 Å². The van der Waals surface area contributed by atoms with Crippen molar-refractivity contribution in [3.8, 4) is 11.8 Å². The molecule has 5 nitrogen and oxygen atoms in total. The fraction of sp³-hybridized carbons (Fsp3) is 0.148. The van der Waals surface area contributed by atoms with E-state index in [9.17, 15) is 9.59 Å². The van der Waals surface area contributed by atoms with Gasteiger partial charge in [0.2, 0.25) is 0 Å². The van der Waals surface area contributed by atoms with E-state index in [1.165, 1.54) is 0 Å². The van der Waals surface area contributed by atoms with Gasteiger partial charge in [-0.05, 0) is 35.7 Å². The molecule has 0 fully saturated rings. The Morgan fingerprint density at radius 3 is 2.50 bits per heavy atom. The SMILES string of the molecule is N#Cc1ccc(C2CC=C(C(=O)OCc3ccccc3)C23C(=O)Oc2ccccc23)cc1. The molecule has 156 valence electrons. The Bertz CT molecular complexity index is 1270. The summed E-state index contributed by atoms with van der Waals surface area (Å²) >= 11 is 0. The van der Waals surface area contributed by atoms with Crippen molar-refractivity contribution < 1.29 is 19.1 Å². The maximum atomic E-state index is 13.4. The summed E-state index contributed by atoms with van der Waals surface area (Å²) in [6.07, 6.45) is 2.27. The highest BCUT2D eigenvalue weighted by molar-refractivity contribution is 6.07. The average molecular weight is 421 g/mol. The summed E-state index contributed by atoms with van der Waals surface area (Å²) in [7, 11) is 0. The van der Waals surface area contributed by atoms with Gasteiger partial charge in [-0.15, -0.1) is 0 Å². The van der Waals surface area contributed by atoms with Gasteiger partial charge in [-0.3, -0.25) is 4.79 Å². The molecule has 3 aromatic rings. The number of carbonyl (C=O) groups is 2. The first kappa shape index (κ1) is 19.8. The van der Waals surface area contributed by atoms with Crippen molar-refractivity contribution in [3.05, 3.63) is 113 Å². The van der Waals surface area contributed by atoms with Gasteiger partial charge in [0.1, 0.15) is 17.8 Å². The monoisotopic (exact) mass is 421 g/mol. The van der Waals surface area contributed by atoms with E-state index in [1.807, 2.05) is 54.6 Å². The fourth-order valence-electron chi connectivity index (χ4n) is 4.74. The van der Waals surface area contributed by atoms with Crippen LogP contribution in [0.5, 0.6) is 5.75 Å². The molecule has 5 heteroatoms. The lowest BCUT2D eigenvalue weighted by molar-refractivity contribution is -0.145. The third-order valence-corrected chi connectivity index (χ3v) is 6.22. The summed E-state index contributed by atoms with van der Waals surface area (Å²) < 4.78 is 11.3. The molecule has 0 saturated carbocycles. The van der Waals surface area contributed by atoms with E-state index >= 15 is 0 Å². The molecule has 1 spiro atoms. The number of esters is 2. The van der Waals surface area contributed by atoms with Crippen molar-refractivity contribution in [3.63, 3.8) is 0 Å². The molecule has 0 radical (unpaired) electrons. The summed E-state index contributed by atoms with van der Waals surface area (Å²) in [5, 5.41) is 9.14. The highest BCUT2D eigenvalue weighted by Gasteiger charge is 2.61. The number of hydrogen-bond acceptors (Lipinski definition) is 5. The van der Waals surface area contributed by atoms with Crippen LogP contribution in [0.1, 0.15) is 34.6 Å². The van der Waals surface area contributed by atoms with Gasteiger partial charge in [-0.1, -0.05) is 66.7 Å². The largest absolute Gasteiger partial charge is 0.457 e. The lowest BCUT2D eigenvalue weighted by Gasteiger charge is -2.31. The molecular formula is C27H19NO4. The second-order valence-electron chi connectivity index (χ2n) is 7.90. The summed E-state index contributed by atoms with van der Waals surface area (Å²) in [5.41, 5.74) is 1.95. The quantitative estimate of drug-likeness (QED) is 0.456. The lowest BCUT2D eigenvalue weighted by atomic mass is 9.67. The summed E-state index contributed by atoms with van der Waals surface area (Å²) in [6.45, 7) is 0.116. The average Bonchev–Trinajstić information content (AvgIpc) is 3.38. The number of nitriles is 1. The summed E-state index contributed by atoms with van der Waals surface area (Å²) in [6, 6.07) is 25.9. The number of carbonyl (C=O) groups excluding carboxylic acids is 2. The smallest absolute Gasteiger partial charge is 0.335 e. The Labute approximate surface area is 185 Å². The summed E-state index contributed by atoms with van der Waals surface area (Å²) in [5.74, 6) is -0.891. The zero-order valence-electron chi connectivity index (χ0n) is 17.2. The van der Waals surface area contributed by atoms with Crippen LogP contribution in [0.3, 0.4) is 0 Å². The molecular weight excluding hydrogens is 402 g/mol. The van der Waals surface area contributed by atoms with Crippen LogP contribution >= 0.6 is 0 Å². The van der Waals surface area contributed by atoms with Crippen LogP contribution in [0, 0.1) is 11.3 Å². The maximum absolute atomic E-state index is 13.4. The highest BCUT2D eigenvalue weighted by Crippen LogP contribution is 2.57. The lowest BCUT2D eigenvalue weighted by Crippen LogP contribution is -2.41. The van der Waals surface area contributed by atoms with Crippen LogP contribution in [0.25, 0.3) is 0 Å². The molecule has 0 bridgehead atoms.